The zero-order chi connectivity index (χ0) is 29.5. The summed E-state index contributed by atoms with van der Waals surface area (Å²) >= 11 is 6.39. The number of amides is 1. The largest absolute Gasteiger partial charge is 0.453 e. The van der Waals surface area contributed by atoms with Gasteiger partial charge in [-0.3, -0.25) is 14.5 Å². The van der Waals surface area contributed by atoms with Gasteiger partial charge in [0.1, 0.15) is 5.69 Å². The molecule has 0 radical (unpaired) electrons. The Bertz CT molecular complexity index is 1640. The quantitative estimate of drug-likeness (QED) is 0.339. The van der Waals surface area contributed by atoms with Crippen molar-refractivity contribution in [2.24, 2.45) is 11.8 Å². The third kappa shape index (κ3) is 5.35. The molecular formula is C29H35ClN8O4. The predicted octanol–water partition coefficient (Wildman–Crippen LogP) is 4.98. The van der Waals surface area contributed by atoms with Crippen LogP contribution < -0.4 is 10.7 Å². The number of nitrogens with zero attached hydrogens (tertiary/aromatic N) is 7. The van der Waals surface area contributed by atoms with Gasteiger partial charge in [0.25, 0.3) is 0 Å². The van der Waals surface area contributed by atoms with Crippen molar-refractivity contribution in [3.63, 3.8) is 0 Å². The maximum absolute atomic E-state index is 12.4. The first-order valence-corrected chi connectivity index (χ1v) is 14.8. The Balaban J connectivity index is 1.55. The number of methoxy groups -OCH3 is 1. The van der Waals surface area contributed by atoms with Gasteiger partial charge in [0, 0.05) is 49.7 Å². The van der Waals surface area contributed by atoms with E-state index in [4.69, 9.17) is 30.8 Å². The number of piperazine rings is 1. The van der Waals surface area contributed by atoms with E-state index in [0.29, 0.717) is 40.9 Å². The highest BCUT2D eigenvalue weighted by Crippen LogP contribution is 2.38. The third-order valence-electron chi connectivity index (χ3n) is 8.52. The van der Waals surface area contributed by atoms with E-state index in [1.807, 2.05) is 12.1 Å². The van der Waals surface area contributed by atoms with Gasteiger partial charge in [-0.2, -0.15) is 0 Å². The smallest absolute Gasteiger partial charge is 0.439 e. The third-order valence-corrected chi connectivity index (χ3v) is 8.73. The number of imidazole rings is 1. The number of nitrogens with one attached hydrogen (secondary N) is 1. The van der Waals surface area contributed by atoms with Crippen molar-refractivity contribution in [3.8, 4) is 22.8 Å². The van der Waals surface area contributed by atoms with Crippen molar-refractivity contribution in [1.29, 1.82) is 0 Å². The van der Waals surface area contributed by atoms with Gasteiger partial charge in [-0.1, -0.05) is 36.5 Å². The Morgan fingerprint density at radius 3 is 2.48 bits per heavy atom. The number of rotatable bonds is 5. The summed E-state index contributed by atoms with van der Waals surface area (Å²) in [5.41, 5.74) is 3.34. The van der Waals surface area contributed by atoms with Gasteiger partial charge in [-0.05, 0) is 50.7 Å². The Kier molecular flexibility index (Phi) is 7.65. The zero-order valence-electron chi connectivity index (χ0n) is 24.2. The molecular weight excluding hydrogens is 560 g/mol. The number of carbonyl (C=O) groups excluding carboxylic acids is 1. The summed E-state index contributed by atoms with van der Waals surface area (Å²) in [5, 5.41) is 4.36. The molecule has 0 unspecified atom stereocenters. The minimum Gasteiger partial charge on any atom is -0.453 e. The van der Waals surface area contributed by atoms with Crippen molar-refractivity contribution in [2.45, 2.75) is 65.1 Å². The summed E-state index contributed by atoms with van der Waals surface area (Å²) in [6.45, 7) is 8.32. The van der Waals surface area contributed by atoms with Crippen LogP contribution in [0.4, 0.5) is 10.7 Å². The molecule has 1 saturated heterocycles. The van der Waals surface area contributed by atoms with Gasteiger partial charge in [0.05, 0.1) is 28.9 Å². The van der Waals surface area contributed by atoms with Crippen molar-refractivity contribution in [2.75, 3.05) is 25.1 Å². The summed E-state index contributed by atoms with van der Waals surface area (Å²) in [6.07, 6.45) is 7.65. The highest BCUT2D eigenvalue weighted by Gasteiger charge is 2.36. The monoisotopic (exact) mass is 594 g/mol. The lowest BCUT2D eigenvalue weighted by molar-refractivity contribution is 0.108. The molecule has 222 valence electrons. The number of carbonyl (C=O) groups is 1. The normalized spacial score (nSPS) is 23.0. The first-order chi connectivity index (χ1) is 20.2. The summed E-state index contributed by atoms with van der Waals surface area (Å²) in [6, 6.07) is 3.61. The molecule has 4 aromatic heterocycles. The molecule has 1 amide bonds. The lowest BCUT2D eigenvalue weighted by Gasteiger charge is -2.44. The van der Waals surface area contributed by atoms with Crippen LogP contribution in [0.15, 0.2) is 33.8 Å². The number of ether oxygens (including phenoxy) is 1. The van der Waals surface area contributed by atoms with Crippen LogP contribution in [-0.4, -0.2) is 72.9 Å². The number of aromatic nitrogens is 6. The van der Waals surface area contributed by atoms with Gasteiger partial charge in [-0.15, -0.1) is 0 Å². The molecule has 2 fully saturated rings. The maximum atomic E-state index is 12.4. The lowest BCUT2D eigenvalue weighted by Crippen LogP contribution is -2.59. The van der Waals surface area contributed by atoms with E-state index in [1.54, 1.807) is 17.3 Å². The molecule has 6 rings (SSSR count). The number of hydrogen-bond acceptors (Lipinski definition) is 9. The molecule has 2 aliphatic rings. The molecule has 1 N–H and O–H groups in total. The fourth-order valence-electron chi connectivity index (χ4n) is 6.48. The number of hydrogen-bond donors (Lipinski definition) is 1. The standard InChI is InChI=1S/C29H35ClN8O4/c1-16-5-7-19(8-6-16)15-37-25-22(33-27(37)38-17(2)13-36(14-18(38)3)29(40)41-4)10-23(26-34-28(39)42-35-26)32-24(25)20-9-21(30)12-31-11-20/h9-12,16-19H,5-8,13-15H2,1-4H3,(H,34,35,39)/t16?,17-,18-,19?/m0/s1. The van der Waals surface area contributed by atoms with E-state index in [2.05, 4.69) is 45.4 Å². The van der Waals surface area contributed by atoms with E-state index in [-0.39, 0.29) is 24.0 Å². The van der Waals surface area contributed by atoms with Crippen LogP contribution in [0.3, 0.4) is 0 Å². The highest BCUT2D eigenvalue weighted by molar-refractivity contribution is 6.30. The molecule has 2 atom stereocenters. The average Bonchev–Trinajstić information content (AvgIpc) is 3.56. The number of fused-ring (bicyclic) bond motifs is 1. The fourth-order valence-corrected chi connectivity index (χ4v) is 6.66. The first-order valence-electron chi connectivity index (χ1n) is 14.4. The molecule has 5 heterocycles. The molecule has 0 bridgehead atoms. The molecule has 42 heavy (non-hydrogen) atoms. The van der Waals surface area contributed by atoms with Gasteiger partial charge < -0.3 is 19.1 Å². The van der Waals surface area contributed by atoms with Gasteiger partial charge in [0.2, 0.25) is 11.8 Å². The van der Waals surface area contributed by atoms with Gasteiger partial charge in [0.15, 0.2) is 0 Å². The van der Waals surface area contributed by atoms with Crippen LogP contribution in [0.1, 0.15) is 46.5 Å². The minimum atomic E-state index is -0.665. The summed E-state index contributed by atoms with van der Waals surface area (Å²) in [7, 11) is 1.41. The molecule has 13 heteroatoms. The maximum Gasteiger partial charge on any atom is 0.439 e. The Morgan fingerprint density at radius 2 is 1.83 bits per heavy atom. The number of anilines is 1. The number of H-pyrrole nitrogens is 1. The van der Waals surface area contributed by atoms with E-state index in [9.17, 15) is 9.59 Å². The number of pyridine rings is 2. The van der Waals surface area contributed by atoms with E-state index in [1.165, 1.54) is 20.0 Å². The van der Waals surface area contributed by atoms with E-state index in [0.717, 1.165) is 42.3 Å². The minimum absolute atomic E-state index is 0.0228. The summed E-state index contributed by atoms with van der Waals surface area (Å²) in [4.78, 5) is 45.4. The second-order valence-electron chi connectivity index (χ2n) is 11.7. The molecule has 1 saturated carbocycles. The van der Waals surface area contributed by atoms with Crippen LogP contribution in [0.25, 0.3) is 33.8 Å². The second kappa shape index (κ2) is 11.4. The van der Waals surface area contributed by atoms with Crippen molar-refractivity contribution in [3.05, 3.63) is 40.1 Å². The van der Waals surface area contributed by atoms with Gasteiger partial charge in [-0.25, -0.2) is 19.6 Å². The molecule has 12 nitrogen and oxygen atoms in total. The topological polar surface area (TPSA) is 135 Å². The van der Waals surface area contributed by atoms with Crippen LogP contribution >= 0.6 is 11.6 Å². The van der Waals surface area contributed by atoms with Crippen LogP contribution in [0.2, 0.25) is 5.02 Å². The first kappa shape index (κ1) is 28.2. The van der Waals surface area contributed by atoms with Gasteiger partial charge >= 0.3 is 11.8 Å². The van der Waals surface area contributed by atoms with E-state index >= 15 is 0 Å². The zero-order valence-corrected chi connectivity index (χ0v) is 25.0. The SMILES string of the molecule is COC(=O)N1C[C@H](C)N(c2nc3cc(-c4noc(=O)[nH]4)nc(-c4cncc(Cl)c4)c3n2CC2CCC(C)CC2)[C@@H](C)C1. The molecule has 0 spiro atoms. The Morgan fingerprint density at radius 1 is 1.10 bits per heavy atom. The molecule has 1 aliphatic heterocycles. The molecule has 4 aromatic rings. The fraction of sp³-hybridized carbons (Fsp3) is 0.517. The lowest BCUT2D eigenvalue weighted by atomic mass is 9.83. The van der Waals surface area contributed by atoms with Crippen molar-refractivity contribution < 1.29 is 14.1 Å². The highest BCUT2D eigenvalue weighted by atomic mass is 35.5. The summed E-state index contributed by atoms with van der Waals surface area (Å²) in [5.74, 6) is 1.58. The number of halogens is 1. The summed E-state index contributed by atoms with van der Waals surface area (Å²) < 4.78 is 12.1. The molecule has 0 aromatic carbocycles. The number of aromatic amines is 1. The average molecular weight is 595 g/mol. The van der Waals surface area contributed by atoms with E-state index < -0.39 is 5.76 Å². The van der Waals surface area contributed by atoms with Crippen LogP contribution in [-0.2, 0) is 11.3 Å². The Labute approximate surface area is 248 Å². The molecule has 1 aliphatic carbocycles. The van der Waals surface area contributed by atoms with Crippen molar-refractivity contribution in [1.82, 2.24) is 34.6 Å². The van der Waals surface area contributed by atoms with Crippen LogP contribution in [0, 0.1) is 11.8 Å². The predicted molar refractivity (Wildman–Crippen MR) is 158 cm³/mol. The Hall–Kier alpha value is -3.93. The van der Waals surface area contributed by atoms with Crippen LogP contribution in [0.5, 0.6) is 0 Å². The van der Waals surface area contributed by atoms with Crippen molar-refractivity contribution >= 4 is 34.7 Å². The second-order valence-corrected chi connectivity index (χ2v) is 12.1.